The molecule has 2 rings (SSSR count). The molecule has 72 valence electrons. The Morgan fingerprint density at radius 2 is 0.846 bits per heavy atom. The Labute approximate surface area is 88.8 Å². The Bertz CT molecular complexity index is 207. The van der Waals surface area contributed by atoms with Gasteiger partial charge in [-0.3, -0.25) is 0 Å². The smallest absolute Gasteiger partial charge is 0.115 e. The summed E-state index contributed by atoms with van der Waals surface area (Å²) in [6.07, 6.45) is 0. The van der Waals surface area contributed by atoms with E-state index in [9.17, 15) is 0 Å². The zero-order valence-corrected chi connectivity index (χ0v) is 14.8. The SMILES string of the molecule is Oc1ccc(O)cc1.[SiH2]1[SiH2][SiH2][SiH2][SiH2]1. The quantitative estimate of drug-likeness (QED) is 0.376. The number of rotatable bonds is 0. The second-order valence-corrected chi connectivity index (χ2v) is 49.2. The molecule has 1 saturated heterocycles. The van der Waals surface area contributed by atoms with Gasteiger partial charge in [0.15, 0.2) is 0 Å². The molecule has 0 radical (unpaired) electrons. The molecule has 0 atom stereocenters. The maximum absolute atomic E-state index is 8.65. The number of benzene rings is 1. The van der Waals surface area contributed by atoms with Gasteiger partial charge in [0.25, 0.3) is 0 Å². The highest BCUT2D eigenvalue weighted by molar-refractivity contribution is 7.76. The lowest BCUT2D eigenvalue weighted by Crippen LogP contribution is -2.00. The van der Waals surface area contributed by atoms with Crippen molar-refractivity contribution in [1.82, 2.24) is 0 Å². The summed E-state index contributed by atoms with van der Waals surface area (Å²) < 4.78 is 0. The van der Waals surface area contributed by atoms with Crippen molar-refractivity contribution in [2.75, 3.05) is 0 Å². The molecule has 0 aromatic heterocycles. The number of phenols is 2. The molecule has 0 amide bonds. The van der Waals surface area contributed by atoms with E-state index in [-0.39, 0.29) is 11.5 Å². The highest BCUT2D eigenvalue weighted by Gasteiger charge is 1.99. The van der Waals surface area contributed by atoms with Crippen LogP contribution in [0.15, 0.2) is 24.3 Å². The molecular weight excluding hydrogens is 244 g/mol. The van der Waals surface area contributed by atoms with Crippen LogP contribution in [0.4, 0.5) is 0 Å². The second kappa shape index (κ2) is 6.37. The molecule has 1 fully saturated rings. The molecule has 1 aromatic rings. The van der Waals surface area contributed by atoms with E-state index in [1.54, 1.807) is 0 Å². The van der Waals surface area contributed by atoms with Gasteiger partial charge in [-0.2, -0.15) is 0 Å². The minimum absolute atomic E-state index is 0.169. The van der Waals surface area contributed by atoms with E-state index >= 15 is 0 Å². The highest BCUT2D eigenvalue weighted by Crippen LogP contribution is 2.13. The summed E-state index contributed by atoms with van der Waals surface area (Å²) >= 11 is 0. The van der Waals surface area contributed by atoms with Crippen LogP contribution in [0.3, 0.4) is 0 Å². The molecule has 2 N–H and O–H groups in total. The lowest BCUT2D eigenvalue weighted by Gasteiger charge is -1.88. The van der Waals surface area contributed by atoms with Crippen molar-refractivity contribution in [1.29, 1.82) is 0 Å². The molecule has 13 heavy (non-hydrogen) atoms. The molecule has 1 aliphatic rings. The fourth-order valence-electron chi connectivity index (χ4n) is 1.34. The van der Waals surface area contributed by atoms with Crippen LogP contribution in [0, 0.1) is 0 Å². The molecule has 1 aliphatic heterocycles. The van der Waals surface area contributed by atoms with E-state index in [0.29, 0.717) is 0 Å². The van der Waals surface area contributed by atoms with Crippen molar-refractivity contribution in [3.8, 4) is 11.5 Å². The van der Waals surface area contributed by atoms with Gasteiger partial charge in [-0.15, -0.1) is 0 Å². The zero-order valence-electron chi connectivity index (χ0n) is 7.74. The predicted octanol–water partition coefficient (Wildman–Crippen LogP) is -3.48. The Morgan fingerprint density at radius 1 is 0.615 bits per heavy atom. The standard InChI is InChI=1S/C6H6O2.H10Si5/c7-5-1-2-6(8)4-3-5;1-2-4-5-3-1/h1-4,7-8H;1-5H2. The molecule has 1 heterocycles. The molecule has 0 saturated carbocycles. The van der Waals surface area contributed by atoms with Gasteiger partial charge in [-0.1, -0.05) is 0 Å². The summed E-state index contributed by atoms with van der Waals surface area (Å²) in [6.45, 7) is 0. The van der Waals surface area contributed by atoms with Gasteiger partial charge in [0.2, 0.25) is 0 Å². The van der Waals surface area contributed by atoms with Gasteiger partial charge in [-0.25, -0.2) is 0 Å². The first-order chi connectivity index (χ1) is 6.29. The Kier molecular flexibility index (Phi) is 5.38. The number of phenolic OH excluding ortho intramolecular Hbond substituents is 2. The predicted molar refractivity (Wildman–Crippen MR) is 72.5 cm³/mol. The maximum atomic E-state index is 8.65. The van der Waals surface area contributed by atoms with Crippen LogP contribution >= 0.6 is 0 Å². The average Bonchev–Trinajstić information content (AvgIpc) is 2.68. The van der Waals surface area contributed by atoms with Crippen molar-refractivity contribution in [3.05, 3.63) is 24.3 Å². The van der Waals surface area contributed by atoms with Crippen molar-refractivity contribution in [2.45, 2.75) is 0 Å². The zero-order chi connectivity index (χ0) is 9.52. The Morgan fingerprint density at radius 3 is 1.08 bits per heavy atom. The number of hydrogen-bond acceptors (Lipinski definition) is 2. The summed E-state index contributed by atoms with van der Waals surface area (Å²) in [5, 5.41) is 17.3. The van der Waals surface area contributed by atoms with Crippen LogP contribution in [-0.4, -0.2) is 53.0 Å². The van der Waals surface area contributed by atoms with Crippen LogP contribution in [0.1, 0.15) is 0 Å². The van der Waals surface area contributed by atoms with E-state index in [4.69, 9.17) is 10.2 Å². The van der Waals surface area contributed by atoms with Crippen LogP contribution < -0.4 is 0 Å². The third-order valence-electron chi connectivity index (χ3n) is 2.10. The van der Waals surface area contributed by atoms with Gasteiger partial charge in [-0.05, 0) is 67.0 Å². The third-order valence-corrected chi connectivity index (χ3v) is 102. The first-order valence-corrected chi connectivity index (χ1v) is 24.8. The largest absolute Gasteiger partial charge is 0.508 e. The van der Waals surface area contributed by atoms with Gasteiger partial charge in [0.05, 0.1) is 0 Å². The van der Waals surface area contributed by atoms with Crippen LogP contribution in [0.5, 0.6) is 11.5 Å². The van der Waals surface area contributed by atoms with E-state index in [1.807, 2.05) is 0 Å². The fourth-order valence-corrected chi connectivity index (χ4v) is 215. The van der Waals surface area contributed by atoms with E-state index in [1.165, 1.54) is 24.3 Å². The number of aromatic hydroxyl groups is 2. The molecule has 0 aliphatic carbocycles. The van der Waals surface area contributed by atoms with Crippen LogP contribution in [0.2, 0.25) is 0 Å². The normalized spacial score (nSPS) is 24.0. The van der Waals surface area contributed by atoms with Gasteiger partial charge in [0, 0.05) is 0 Å². The van der Waals surface area contributed by atoms with Crippen LogP contribution in [-0.2, 0) is 0 Å². The first kappa shape index (κ1) is 11.0. The summed E-state index contributed by atoms with van der Waals surface area (Å²) in [5.41, 5.74) is 0. The van der Waals surface area contributed by atoms with Gasteiger partial charge < -0.3 is 10.2 Å². The number of hydrogen-bond donors (Lipinski definition) is 2. The summed E-state index contributed by atoms with van der Waals surface area (Å²) in [6, 6.07) is 5.70. The van der Waals surface area contributed by atoms with Crippen molar-refractivity contribution in [3.63, 3.8) is 0 Å². The molecule has 0 spiro atoms. The Hall–Kier alpha value is -0.0956. The summed E-state index contributed by atoms with van der Waals surface area (Å²) in [5.74, 6) is 0.339. The summed E-state index contributed by atoms with van der Waals surface area (Å²) in [7, 11) is 4.72. The van der Waals surface area contributed by atoms with Gasteiger partial charge in [0.1, 0.15) is 11.5 Å². The second-order valence-electron chi connectivity index (χ2n) is 3.28. The lowest BCUT2D eigenvalue weighted by atomic mass is 10.3. The van der Waals surface area contributed by atoms with Crippen molar-refractivity contribution in [2.24, 2.45) is 0 Å². The molecule has 2 nitrogen and oxygen atoms in total. The monoisotopic (exact) mass is 260 g/mol. The molecule has 1 aromatic carbocycles. The van der Waals surface area contributed by atoms with Gasteiger partial charge >= 0.3 is 0 Å². The van der Waals surface area contributed by atoms with Crippen molar-refractivity contribution >= 4 is 42.8 Å². The summed E-state index contributed by atoms with van der Waals surface area (Å²) in [4.78, 5) is 0. The minimum Gasteiger partial charge on any atom is -0.508 e. The molecule has 0 unspecified atom stereocenters. The van der Waals surface area contributed by atoms with Crippen LogP contribution in [0.25, 0.3) is 0 Å². The van der Waals surface area contributed by atoms with Crippen molar-refractivity contribution < 1.29 is 10.2 Å². The Balaban J connectivity index is 0.000000145. The van der Waals surface area contributed by atoms with E-state index in [0.717, 1.165) is 42.8 Å². The maximum Gasteiger partial charge on any atom is 0.115 e. The fraction of sp³-hybridized carbons (Fsp3) is 0. The lowest BCUT2D eigenvalue weighted by molar-refractivity contribution is 0.460. The van der Waals surface area contributed by atoms with E-state index in [2.05, 4.69) is 0 Å². The first-order valence-electron chi connectivity index (χ1n) is 4.77. The molecular formula is C6H16O2Si5. The highest BCUT2D eigenvalue weighted by atomic mass is 30.1. The topological polar surface area (TPSA) is 40.5 Å². The third kappa shape index (κ3) is 5.26. The minimum atomic E-state index is 0.169. The average molecular weight is 261 g/mol. The molecule has 7 heteroatoms. The van der Waals surface area contributed by atoms with E-state index < -0.39 is 0 Å². The molecule has 0 bridgehead atoms.